The number of nitrogens with two attached hydrogens (primary N) is 2. The second kappa shape index (κ2) is 13.5. The van der Waals surface area contributed by atoms with Gasteiger partial charge in [-0.25, -0.2) is 4.79 Å². The first-order chi connectivity index (χ1) is 14.3. The maximum Gasteiger partial charge on any atom is 0.328 e. The van der Waals surface area contributed by atoms with Crippen molar-refractivity contribution >= 4 is 29.6 Å². The van der Waals surface area contributed by atoms with Gasteiger partial charge in [0.15, 0.2) is 6.04 Å². The van der Waals surface area contributed by atoms with Gasteiger partial charge in [-0.05, 0) is 25.7 Å². The number of nitrogens with one attached hydrogen (secondary N) is 3. The number of aliphatic carboxylic acids is 1. The SMILES string of the molecule is CC(C)CC(N)C(=O)NC(CCC(N)=O)C(=O)NC(CO)C(=O)NC(C(=O)O)C(C)O. The van der Waals surface area contributed by atoms with E-state index in [0.717, 1.165) is 6.92 Å². The average molecular weight is 447 g/mol. The molecule has 13 heteroatoms. The fraction of sp³-hybridized carbons (Fsp3) is 0.722. The van der Waals surface area contributed by atoms with Crippen molar-refractivity contribution in [1.29, 1.82) is 0 Å². The summed E-state index contributed by atoms with van der Waals surface area (Å²) in [5, 5.41) is 34.5. The summed E-state index contributed by atoms with van der Waals surface area (Å²) in [6.45, 7) is 3.95. The lowest BCUT2D eigenvalue weighted by molar-refractivity contribution is -0.145. The minimum Gasteiger partial charge on any atom is -0.480 e. The van der Waals surface area contributed by atoms with Gasteiger partial charge in [0.25, 0.3) is 0 Å². The van der Waals surface area contributed by atoms with Crippen LogP contribution in [0.4, 0.5) is 0 Å². The molecule has 0 saturated heterocycles. The van der Waals surface area contributed by atoms with Crippen molar-refractivity contribution in [3.05, 3.63) is 0 Å². The van der Waals surface area contributed by atoms with E-state index in [2.05, 4.69) is 10.6 Å². The number of carboxylic acids is 1. The van der Waals surface area contributed by atoms with Crippen LogP contribution in [-0.2, 0) is 24.0 Å². The highest BCUT2D eigenvalue weighted by Crippen LogP contribution is 2.05. The molecule has 4 amide bonds. The molecule has 0 aromatic rings. The van der Waals surface area contributed by atoms with Crippen molar-refractivity contribution in [3.8, 4) is 0 Å². The fourth-order valence-corrected chi connectivity index (χ4v) is 2.56. The Kier molecular flexibility index (Phi) is 12.3. The number of rotatable bonds is 14. The second-order valence-corrected chi connectivity index (χ2v) is 7.61. The fourth-order valence-electron chi connectivity index (χ4n) is 2.56. The van der Waals surface area contributed by atoms with Gasteiger partial charge in [0.1, 0.15) is 12.1 Å². The second-order valence-electron chi connectivity index (χ2n) is 7.61. The Hall–Kier alpha value is -2.77. The normalized spacial score (nSPS) is 15.8. The molecule has 178 valence electrons. The largest absolute Gasteiger partial charge is 0.480 e. The minimum atomic E-state index is -1.67. The first-order valence-corrected chi connectivity index (χ1v) is 9.76. The Morgan fingerprint density at radius 3 is 1.84 bits per heavy atom. The van der Waals surface area contributed by atoms with E-state index in [-0.39, 0.29) is 18.8 Å². The first-order valence-electron chi connectivity index (χ1n) is 9.76. The molecule has 0 aliphatic rings. The molecule has 0 spiro atoms. The summed E-state index contributed by atoms with van der Waals surface area (Å²) in [6.07, 6.45) is -1.54. The predicted octanol–water partition coefficient (Wildman–Crippen LogP) is -3.46. The summed E-state index contributed by atoms with van der Waals surface area (Å²) >= 11 is 0. The van der Waals surface area contributed by atoms with Crippen molar-refractivity contribution in [2.45, 2.75) is 70.3 Å². The van der Waals surface area contributed by atoms with Crippen molar-refractivity contribution in [2.75, 3.05) is 6.61 Å². The Balaban J connectivity index is 5.30. The van der Waals surface area contributed by atoms with E-state index in [9.17, 15) is 34.2 Å². The van der Waals surface area contributed by atoms with E-state index >= 15 is 0 Å². The van der Waals surface area contributed by atoms with E-state index in [0.29, 0.717) is 6.42 Å². The first kappa shape index (κ1) is 28.2. The molecular formula is C18H33N5O8. The maximum absolute atomic E-state index is 12.6. The molecule has 13 nitrogen and oxygen atoms in total. The van der Waals surface area contributed by atoms with Gasteiger partial charge in [-0.3, -0.25) is 19.2 Å². The molecule has 0 bridgehead atoms. The number of hydrogen-bond acceptors (Lipinski definition) is 8. The lowest BCUT2D eigenvalue weighted by Gasteiger charge is -2.25. The van der Waals surface area contributed by atoms with Crippen molar-refractivity contribution in [1.82, 2.24) is 16.0 Å². The number of hydrogen-bond donors (Lipinski definition) is 8. The highest BCUT2D eigenvalue weighted by atomic mass is 16.4. The molecule has 31 heavy (non-hydrogen) atoms. The van der Waals surface area contributed by atoms with Crippen LogP contribution in [0.25, 0.3) is 0 Å². The highest BCUT2D eigenvalue weighted by Gasteiger charge is 2.31. The monoisotopic (exact) mass is 447 g/mol. The Morgan fingerprint density at radius 1 is 0.903 bits per heavy atom. The number of aliphatic hydroxyl groups excluding tert-OH is 2. The van der Waals surface area contributed by atoms with Gasteiger partial charge in [-0.1, -0.05) is 13.8 Å². The summed E-state index contributed by atoms with van der Waals surface area (Å²) in [5.74, 6) is -4.76. The van der Waals surface area contributed by atoms with E-state index in [4.69, 9.17) is 16.6 Å². The maximum atomic E-state index is 12.6. The van der Waals surface area contributed by atoms with E-state index in [1.807, 2.05) is 19.2 Å². The smallest absolute Gasteiger partial charge is 0.328 e. The quantitative estimate of drug-likeness (QED) is 0.132. The summed E-state index contributed by atoms with van der Waals surface area (Å²) < 4.78 is 0. The minimum absolute atomic E-state index is 0.109. The zero-order valence-electron chi connectivity index (χ0n) is 17.8. The van der Waals surface area contributed by atoms with Crippen molar-refractivity contribution < 1.29 is 39.3 Å². The zero-order valence-corrected chi connectivity index (χ0v) is 17.8. The number of carbonyl (C=O) groups is 5. The molecule has 0 aromatic carbocycles. The number of carbonyl (C=O) groups excluding carboxylic acids is 4. The van der Waals surface area contributed by atoms with Gasteiger partial charge in [0.2, 0.25) is 23.6 Å². The molecule has 0 radical (unpaired) electrons. The van der Waals surface area contributed by atoms with Crippen LogP contribution >= 0.6 is 0 Å². The van der Waals surface area contributed by atoms with Crippen molar-refractivity contribution in [2.24, 2.45) is 17.4 Å². The van der Waals surface area contributed by atoms with Crippen LogP contribution in [0, 0.1) is 5.92 Å². The number of carboxylic acid groups (broad SMARTS) is 1. The zero-order chi connectivity index (χ0) is 24.3. The summed E-state index contributed by atoms with van der Waals surface area (Å²) in [6, 6.07) is -5.45. The molecule has 0 fully saturated rings. The standard InChI is InChI=1S/C18H33N5O8/c1-8(2)6-10(19)15(27)21-11(4-5-13(20)26)16(28)22-12(7-24)17(29)23-14(9(3)25)18(30)31/h8-12,14,24-25H,4-7,19H2,1-3H3,(H2,20,26)(H,21,27)(H,22,28)(H,23,29)(H,30,31). The molecule has 10 N–H and O–H groups in total. The highest BCUT2D eigenvalue weighted by molar-refractivity contribution is 5.94. The lowest BCUT2D eigenvalue weighted by atomic mass is 10.0. The molecule has 0 saturated carbocycles. The molecule has 0 aromatic heterocycles. The summed E-state index contributed by atoms with van der Waals surface area (Å²) in [4.78, 5) is 59.3. The van der Waals surface area contributed by atoms with Crippen LogP contribution in [0.5, 0.6) is 0 Å². The Bertz CT molecular complexity index is 655. The lowest BCUT2D eigenvalue weighted by Crippen LogP contribution is -2.59. The van der Waals surface area contributed by atoms with Gasteiger partial charge < -0.3 is 42.7 Å². The van der Waals surface area contributed by atoms with Crippen LogP contribution in [0.2, 0.25) is 0 Å². The summed E-state index contributed by atoms with van der Waals surface area (Å²) in [5.41, 5.74) is 10.9. The van der Waals surface area contributed by atoms with Gasteiger partial charge in [0, 0.05) is 6.42 Å². The number of amides is 4. The van der Waals surface area contributed by atoms with E-state index in [1.165, 1.54) is 0 Å². The van der Waals surface area contributed by atoms with Crippen LogP contribution in [-0.4, -0.2) is 81.8 Å². The van der Waals surface area contributed by atoms with Crippen LogP contribution in [0.3, 0.4) is 0 Å². The topological polar surface area (TPSA) is 234 Å². The van der Waals surface area contributed by atoms with E-state index < -0.39 is 66.5 Å². The molecule has 5 atom stereocenters. The summed E-state index contributed by atoms with van der Waals surface area (Å²) in [7, 11) is 0. The van der Waals surface area contributed by atoms with Gasteiger partial charge in [-0.2, -0.15) is 0 Å². The van der Waals surface area contributed by atoms with Crippen LogP contribution in [0.1, 0.15) is 40.0 Å². The molecule has 5 unspecified atom stereocenters. The van der Waals surface area contributed by atoms with Gasteiger partial charge >= 0.3 is 5.97 Å². The average Bonchev–Trinajstić information content (AvgIpc) is 2.65. The molecular weight excluding hydrogens is 414 g/mol. The van der Waals surface area contributed by atoms with E-state index in [1.54, 1.807) is 0 Å². The van der Waals surface area contributed by atoms with Crippen molar-refractivity contribution in [3.63, 3.8) is 0 Å². The Labute approximate surface area is 179 Å². The molecule has 0 rings (SSSR count). The van der Waals surface area contributed by atoms with Crippen LogP contribution < -0.4 is 27.4 Å². The number of primary amides is 1. The predicted molar refractivity (Wildman–Crippen MR) is 108 cm³/mol. The van der Waals surface area contributed by atoms with Crippen LogP contribution in [0.15, 0.2) is 0 Å². The number of aliphatic hydroxyl groups is 2. The third-order valence-electron chi connectivity index (χ3n) is 4.24. The van der Waals surface area contributed by atoms with Gasteiger partial charge in [-0.15, -0.1) is 0 Å². The Morgan fingerprint density at radius 2 is 1.42 bits per heavy atom. The third-order valence-corrected chi connectivity index (χ3v) is 4.24. The molecule has 0 heterocycles. The van der Waals surface area contributed by atoms with Gasteiger partial charge in [0.05, 0.1) is 18.8 Å². The third kappa shape index (κ3) is 10.7. The molecule has 0 aliphatic heterocycles. The molecule has 0 aliphatic carbocycles.